The number of esters is 1. The van der Waals surface area contributed by atoms with Gasteiger partial charge < -0.3 is 15.2 Å². The molecule has 2 N–H and O–H groups in total. The minimum absolute atomic E-state index is 0.0582. The molecule has 0 aliphatic carbocycles. The zero-order valence-electron chi connectivity index (χ0n) is 10.7. The Bertz CT molecular complexity index is 255. The van der Waals surface area contributed by atoms with Crippen molar-refractivity contribution in [2.45, 2.75) is 46.3 Å². The Labute approximate surface area is 97.5 Å². The first kappa shape index (κ1) is 13.5. The summed E-state index contributed by atoms with van der Waals surface area (Å²) in [5.41, 5.74) is 5.19. The van der Waals surface area contributed by atoms with Crippen LogP contribution in [0, 0.1) is 11.3 Å². The number of ether oxygens (including phenoxy) is 2. The van der Waals surface area contributed by atoms with E-state index in [4.69, 9.17) is 15.2 Å². The fraction of sp³-hybridized carbons (Fsp3) is 0.917. The molecule has 3 unspecified atom stereocenters. The molecule has 0 aromatic carbocycles. The Kier molecular flexibility index (Phi) is 4.33. The highest BCUT2D eigenvalue weighted by Crippen LogP contribution is 2.29. The third-order valence-corrected chi connectivity index (χ3v) is 3.10. The lowest BCUT2D eigenvalue weighted by atomic mass is 9.86. The van der Waals surface area contributed by atoms with Crippen molar-refractivity contribution in [2.24, 2.45) is 17.1 Å². The van der Waals surface area contributed by atoms with Gasteiger partial charge in [0.05, 0.1) is 19.3 Å². The molecule has 1 rings (SSSR count). The normalized spacial score (nSPS) is 31.8. The first-order valence-corrected chi connectivity index (χ1v) is 5.90. The first-order valence-electron chi connectivity index (χ1n) is 5.90. The molecular formula is C12H23NO3. The second kappa shape index (κ2) is 5.15. The van der Waals surface area contributed by atoms with Crippen molar-refractivity contribution >= 4 is 5.97 Å². The number of hydrogen-bond acceptors (Lipinski definition) is 4. The van der Waals surface area contributed by atoms with Gasteiger partial charge in [0.1, 0.15) is 5.41 Å². The summed E-state index contributed by atoms with van der Waals surface area (Å²) in [7, 11) is 0. The van der Waals surface area contributed by atoms with Gasteiger partial charge in [-0.05, 0) is 26.2 Å². The third-order valence-electron chi connectivity index (χ3n) is 3.10. The Morgan fingerprint density at radius 3 is 2.62 bits per heavy atom. The number of carbonyl (C=O) groups is 1. The summed E-state index contributed by atoms with van der Waals surface area (Å²) >= 11 is 0. The number of hydrogen-bond donors (Lipinski definition) is 1. The van der Waals surface area contributed by atoms with Crippen molar-refractivity contribution in [3.05, 3.63) is 0 Å². The van der Waals surface area contributed by atoms with E-state index in [2.05, 4.69) is 13.8 Å². The first-order chi connectivity index (χ1) is 7.36. The lowest BCUT2D eigenvalue weighted by Crippen LogP contribution is -2.46. The number of carbonyl (C=O) groups excluding carboxylic acids is 1. The highest BCUT2D eigenvalue weighted by atomic mass is 16.6. The van der Waals surface area contributed by atoms with Crippen LogP contribution in [-0.4, -0.2) is 31.3 Å². The molecule has 0 aromatic heterocycles. The van der Waals surface area contributed by atoms with Gasteiger partial charge in [-0.25, -0.2) is 0 Å². The van der Waals surface area contributed by atoms with Crippen molar-refractivity contribution in [2.75, 3.05) is 13.2 Å². The molecule has 0 amide bonds. The van der Waals surface area contributed by atoms with Gasteiger partial charge in [0.15, 0.2) is 0 Å². The predicted octanol–water partition coefficient (Wildman–Crippen LogP) is 1.33. The van der Waals surface area contributed by atoms with Crippen molar-refractivity contribution < 1.29 is 14.3 Å². The molecule has 3 atom stereocenters. The van der Waals surface area contributed by atoms with E-state index < -0.39 is 5.41 Å². The van der Waals surface area contributed by atoms with E-state index >= 15 is 0 Å². The number of rotatable bonds is 4. The molecule has 94 valence electrons. The standard InChI is InChI=1S/C12H23NO3/c1-8(2)5-9(3)16-11(14)12(4)7-15-6-10(12)13/h8-10H,5-7,13H2,1-4H3. The van der Waals surface area contributed by atoms with Gasteiger partial charge in [0.25, 0.3) is 0 Å². The van der Waals surface area contributed by atoms with Crippen LogP contribution < -0.4 is 5.73 Å². The average Bonchev–Trinajstić information content (AvgIpc) is 2.46. The second-order valence-electron chi connectivity index (χ2n) is 5.38. The molecular weight excluding hydrogens is 206 g/mol. The zero-order chi connectivity index (χ0) is 12.3. The molecule has 1 saturated heterocycles. The smallest absolute Gasteiger partial charge is 0.316 e. The van der Waals surface area contributed by atoms with Gasteiger partial charge in [-0.2, -0.15) is 0 Å². The molecule has 0 radical (unpaired) electrons. The summed E-state index contributed by atoms with van der Waals surface area (Å²) in [6.45, 7) is 8.75. The van der Waals surface area contributed by atoms with Crippen LogP contribution >= 0.6 is 0 Å². The highest BCUT2D eigenvalue weighted by molar-refractivity contribution is 5.78. The van der Waals surface area contributed by atoms with Crippen LogP contribution in [0.25, 0.3) is 0 Å². The second-order valence-corrected chi connectivity index (χ2v) is 5.38. The van der Waals surface area contributed by atoms with Crippen molar-refractivity contribution in [3.63, 3.8) is 0 Å². The summed E-state index contributed by atoms with van der Waals surface area (Å²) in [5, 5.41) is 0. The lowest BCUT2D eigenvalue weighted by molar-refractivity contribution is -0.160. The largest absolute Gasteiger partial charge is 0.462 e. The van der Waals surface area contributed by atoms with Crippen LogP contribution in [0.4, 0.5) is 0 Å². The van der Waals surface area contributed by atoms with Gasteiger partial charge in [-0.15, -0.1) is 0 Å². The molecule has 1 fully saturated rings. The SMILES string of the molecule is CC(C)CC(C)OC(=O)C1(C)COCC1N. The van der Waals surface area contributed by atoms with Crippen molar-refractivity contribution in [3.8, 4) is 0 Å². The fourth-order valence-corrected chi connectivity index (χ4v) is 1.93. The average molecular weight is 229 g/mol. The topological polar surface area (TPSA) is 61.5 Å². The molecule has 1 heterocycles. The zero-order valence-corrected chi connectivity index (χ0v) is 10.7. The summed E-state index contributed by atoms with van der Waals surface area (Å²) < 4.78 is 10.6. The summed E-state index contributed by atoms with van der Waals surface area (Å²) in [6.07, 6.45) is 0.815. The minimum atomic E-state index is -0.675. The molecule has 0 aromatic rings. The lowest BCUT2D eigenvalue weighted by Gasteiger charge is -2.27. The van der Waals surface area contributed by atoms with Crippen LogP contribution in [0.1, 0.15) is 34.1 Å². The van der Waals surface area contributed by atoms with Crippen LogP contribution in [0.15, 0.2) is 0 Å². The summed E-state index contributed by atoms with van der Waals surface area (Å²) in [6, 6.07) is -0.258. The highest BCUT2D eigenvalue weighted by Gasteiger charge is 2.46. The van der Waals surface area contributed by atoms with Gasteiger partial charge >= 0.3 is 5.97 Å². The molecule has 1 aliphatic heterocycles. The van der Waals surface area contributed by atoms with Crippen molar-refractivity contribution in [1.82, 2.24) is 0 Å². The van der Waals surface area contributed by atoms with Gasteiger partial charge in [0.2, 0.25) is 0 Å². The fourth-order valence-electron chi connectivity index (χ4n) is 1.93. The molecule has 0 spiro atoms. The molecule has 0 bridgehead atoms. The maximum absolute atomic E-state index is 12.0. The Morgan fingerprint density at radius 1 is 1.56 bits per heavy atom. The van der Waals surface area contributed by atoms with Crippen LogP contribution in [0.3, 0.4) is 0 Å². The van der Waals surface area contributed by atoms with E-state index in [1.165, 1.54) is 0 Å². The van der Waals surface area contributed by atoms with Crippen molar-refractivity contribution in [1.29, 1.82) is 0 Å². The molecule has 16 heavy (non-hydrogen) atoms. The Balaban J connectivity index is 2.51. The molecule has 4 nitrogen and oxygen atoms in total. The van der Waals surface area contributed by atoms with E-state index in [0.717, 1.165) is 6.42 Å². The summed E-state index contributed by atoms with van der Waals surface area (Å²) in [5.74, 6) is 0.287. The predicted molar refractivity (Wildman–Crippen MR) is 61.9 cm³/mol. The summed E-state index contributed by atoms with van der Waals surface area (Å²) in [4.78, 5) is 12.0. The quantitative estimate of drug-likeness (QED) is 0.739. The van der Waals surface area contributed by atoms with Crippen LogP contribution in [-0.2, 0) is 14.3 Å². The maximum atomic E-state index is 12.0. The molecule has 4 heteroatoms. The molecule has 0 saturated carbocycles. The maximum Gasteiger partial charge on any atom is 0.316 e. The third kappa shape index (κ3) is 2.95. The van der Waals surface area contributed by atoms with Gasteiger partial charge in [0, 0.05) is 6.04 Å². The molecule has 1 aliphatic rings. The van der Waals surface area contributed by atoms with Crippen LogP contribution in [0.5, 0.6) is 0 Å². The van der Waals surface area contributed by atoms with E-state index in [-0.39, 0.29) is 18.1 Å². The minimum Gasteiger partial charge on any atom is -0.462 e. The van der Waals surface area contributed by atoms with E-state index in [1.807, 2.05) is 13.8 Å². The van der Waals surface area contributed by atoms with E-state index in [0.29, 0.717) is 19.1 Å². The monoisotopic (exact) mass is 229 g/mol. The van der Waals surface area contributed by atoms with Gasteiger partial charge in [-0.3, -0.25) is 4.79 Å². The number of nitrogens with two attached hydrogens (primary N) is 1. The van der Waals surface area contributed by atoms with E-state index in [9.17, 15) is 4.79 Å². The Hall–Kier alpha value is -0.610. The van der Waals surface area contributed by atoms with Gasteiger partial charge in [-0.1, -0.05) is 13.8 Å². The Morgan fingerprint density at radius 2 is 2.19 bits per heavy atom. The van der Waals surface area contributed by atoms with Crippen LogP contribution in [0.2, 0.25) is 0 Å². The van der Waals surface area contributed by atoms with E-state index in [1.54, 1.807) is 0 Å².